The molecule has 2 rings (SSSR count). The molecule has 0 fully saturated rings. The number of halogens is 1. The largest absolute Gasteiger partial charge is 2.00 e. The maximum absolute atomic E-state index is 5.09. The van der Waals surface area contributed by atoms with Crippen molar-refractivity contribution in [3.63, 3.8) is 0 Å². The van der Waals surface area contributed by atoms with E-state index in [2.05, 4.69) is 47.0 Å². The molecule has 0 saturated carbocycles. The predicted molar refractivity (Wildman–Crippen MR) is 121 cm³/mol. The first kappa shape index (κ1) is 24.2. The Morgan fingerprint density at radius 1 is 0.714 bits per heavy atom. The topological polar surface area (TPSA) is 73.5 Å². The summed E-state index contributed by atoms with van der Waals surface area (Å²) >= 11 is 13.6. The van der Waals surface area contributed by atoms with Crippen LogP contribution in [0.5, 0.6) is 0 Å². The Morgan fingerprint density at radius 2 is 1.14 bits per heavy atom. The van der Waals surface area contributed by atoms with Crippen molar-refractivity contribution in [1.29, 1.82) is 0 Å². The SMILES string of the molecule is CNC([S-])=NN=C(C(=NN=C([S-])NC)c1ccc(Br)cc1)c1ccccc1.[Cu+2]. The second kappa shape index (κ2) is 12.6. The number of nitrogens with one attached hydrogen (secondary N) is 2. The number of hydrogen-bond donors (Lipinski definition) is 2. The number of hydrogen-bond acceptors (Lipinski definition) is 6. The molecule has 2 aromatic rings. The number of rotatable bonds is 5. The van der Waals surface area contributed by atoms with Gasteiger partial charge in [0.05, 0.1) is 0 Å². The fraction of sp³-hybridized carbons (Fsp3) is 0.111. The van der Waals surface area contributed by atoms with Crippen LogP contribution in [0.15, 0.2) is 79.5 Å². The fourth-order valence-corrected chi connectivity index (χ4v) is 2.32. The summed E-state index contributed by atoms with van der Waals surface area (Å²) < 4.78 is 0.951. The molecular formula is C18H17BrCuN6S2. The molecule has 0 atom stereocenters. The van der Waals surface area contributed by atoms with Gasteiger partial charge in [0, 0.05) is 29.7 Å². The zero-order valence-corrected chi connectivity index (χ0v) is 19.1. The molecule has 0 unspecified atom stereocenters. The molecule has 0 aliphatic heterocycles. The van der Waals surface area contributed by atoms with E-state index in [1.165, 1.54) is 0 Å². The van der Waals surface area contributed by atoms with Crippen LogP contribution in [0.3, 0.4) is 0 Å². The first-order chi connectivity index (χ1) is 13.0. The molecule has 6 nitrogen and oxygen atoms in total. The third-order valence-corrected chi connectivity index (χ3v) is 4.40. The van der Waals surface area contributed by atoms with Gasteiger partial charge in [-0.2, -0.15) is 10.2 Å². The molecular weight excluding hydrogens is 508 g/mol. The van der Waals surface area contributed by atoms with Crippen molar-refractivity contribution in [3.05, 3.63) is 70.2 Å². The molecule has 10 heteroatoms. The fourth-order valence-electron chi connectivity index (χ4n) is 1.98. The summed E-state index contributed by atoms with van der Waals surface area (Å²) in [5.41, 5.74) is 2.69. The van der Waals surface area contributed by atoms with Crippen molar-refractivity contribution in [2.24, 2.45) is 20.4 Å². The quantitative estimate of drug-likeness (QED) is 0.207. The zero-order valence-electron chi connectivity index (χ0n) is 15.0. The Balaban J connectivity index is 0.00000392. The van der Waals surface area contributed by atoms with Gasteiger partial charge >= 0.3 is 17.1 Å². The van der Waals surface area contributed by atoms with Gasteiger partial charge in [-0.1, -0.05) is 58.4 Å². The van der Waals surface area contributed by atoms with E-state index in [9.17, 15) is 0 Å². The molecule has 0 amide bonds. The summed E-state index contributed by atoms with van der Waals surface area (Å²) in [5.74, 6) is 0. The molecule has 0 spiro atoms. The summed E-state index contributed by atoms with van der Waals surface area (Å²) in [5, 5.41) is 22.9. The molecule has 0 aliphatic carbocycles. The van der Waals surface area contributed by atoms with E-state index in [4.69, 9.17) is 25.3 Å². The molecule has 0 aliphatic rings. The first-order valence-corrected chi connectivity index (χ1v) is 9.48. The van der Waals surface area contributed by atoms with E-state index in [0.29, 0.717) is 11.4 Å². The number of benzene rings is 2. The van der Waals surface area contributed by atoms with E-state index < -0.39 is 0 Å². The van der Waals surface area contributed by atoms with Crippen LogP contribution >= 0.6 is 15.9 Å². The van der Waals surface area contributed by atoms with Crippen LogP contribution in [0.2, 0.25) is 0 Å². The monoisotopic (exact) mass is 523 g/mol. The van der Waals surface area contributed by atoms with Crippen molar-refractivity contribution in [3.8, 4) is 0 Å². The van der Waals surface area contributed by atoms with Crippen molar-refractivity contribution in [1.82, 2.24) is 10.6 Å². The summed E-state index contributed by atoms with van der Waals surface area (Å²) in [6.07, 6.45) is 0. The van der Waals surface area contributed by atoms with Crippen molar-refractivity contribution < 1.29 is 17.1 Å². The number of amidine groups is 2. The van der Waals surface area contributed by atoms with Gasteiger partial charge < -0.3 is 35.9 Å². The number of nitrogens with zero attached hydrogens (tertiary/aromatic N) is 4. The second-order valence-corrected chi connectivity index (χ2v) is 6.77. The van der Waals surface area contributed by atoms with E-state index >= 15 is 0 Å². The zero-order chi connectivity index (χ0) is 19.6. The van der Waals surface area contributed by atoms with Gasteiger partial charge in [-0.25, -0.2) is 0 Å². The summed E-state index contributed by atoms with van der Waals surface area (Å²) in [4.78, 5) is 0. The van der Waals surface area contributed by atoms with Gasteiger partial charge in [0.1, 0.15) is 11.4 Å². The molecule has 2 N–H and O–H groups in total. The van der Waals surface area contributed by atoms with Gasteiger partial charge in [-0.3, -0.25) is 0 Å². The van der Waals surface area contributed by atoms with Gasteiger partial charge in [-0.15, -0.1) is 10.2 Å². The average Bonchev–Trinajstić information content (AvgIpc) is 2.71. The van der Waals surface area contributed by atoms with E-state index in [1.54, 1.807) is 14.1 Å². The normalized spacial score (nSPS) is 13.0. The van der Waals surface area contributed by atoms with Crippen molar-refractivity contribution >= 4 is 62.9 Å². The van der Waals surface area contributed by atoms with Crippen LogP contribution in [-0.2, 0) is 42.3 Å². The second-order valence-electron chi connectivity index (χ2n) is 5.08. The Hall–Kier alpha value is -1.84. The van der Waals surface area contributed by atoms with Crippen LogP contribution in [0.25, 0.3) is 0 Å². The Morgan fingerprint density at radius 3 is 1.57 bits per heavy atom. The Bertz CT molecular complexity index is 883. The van der Waals surface area contributed by atoms with Crippen LogP contribution in [0.1, 0.15) is 11.1 Å². The minimum Gasteiger partial charge on any atom is -0.741 e. The molecule has 1 radical (unpaired) electrons. The maximum atomic E-state index is 5.09. The third kappa shape index (κ3) is 7.29. The van der Waals surface area contributed by atoms with Crippen LogP contribution in [0.4, 0.5) is 0 Å². The molecule has 0 bridgehead atoms. The van der Waals surface area contributed by atoms with Gasteiger partial charge in [-0.05, 0) is 22.5 Å². The van der Waals surface area contributed by atoms with Crippen LogP contribution < -0.4 is 10.6 Å². The summed E-state index contributed by atoms with van der Waals surface area (Å²) in [6.45, 7) is 0. The summed E-state index contributed by atoms with van der Waals surface area (Å²) in [6, 6.07) is 17.2. The van der Waals surface area contributed by atoms with Crippen LogP contribution in [-0.4, -0.2) is 35.9 Å². The molecule has 149 valence electrons. The minimum absolute atomic E-state index is 0. The average molecular weight is 525 g/mol. The molecule has 0 saturated heterocycles. The Labute approximate surface area is 194 Å². The van der Waals surface area contributed by atoms with Gasteiger partial charge in [0.2, 0.25) is 0 Å². The van der Waals surface area contributed by atoms with E-state index in [0.717, 1.165) is 15.6 Å². The van der Waals surface area contributed by atoms with Crippen molar-refractivity contribution in [2.75, 3.05) is 14.1 Å². The molecule has 0 aromatic heterocycles. The summed E-state index contributed by atoms with van der Waals surface area (Å²) in [7, 11) is 3.38. The third-order valence-electron chi connectivity index (χ3n) is 3.30. The molecule has 2 aromatic carbocycles. The van der Waals surface area contributed by atoms with E-state index in [1.807, 2.05) is 54.6 Å². The molecule has 28 heavy (non-hydrogen) atoms. The first-order valence-electron chi connectivity index (χ1n) is 7.87. The Kier molecular flexibility index (Phi) is 10.9. The maximum Gasteiger partial charge on any atom is 2.00 e. The molecule has 0 heterocycles. The van der Waals surface area contributed by atoms with Crippen molar-refractivity contribution in [2.45, 2.75) is 0 Å². The van der Waals surface area contributed by atoms with Gasteiger partial charge in [0.15, 0.2) is 0 Å². The standard InChI is InChI=1S/C18H19BrN6S2.Cu/c1-20-17(26)24-22-15(12-6-4-3-5-7-12)16(23-25-18(27)21-2)13-8-10-14(19)11-9-13;/h3-11H,1-2H3,(H2,20,24,26)(H2,21,25,27);/q;+2/p-2. The minimum atomic E-state index is 0. The van der Waals surface area contributed by atoms with Crippen LogP contribution in [0, 0.1) is 0 Å². The predicted octanol–water partition coefficient (Wildman–Crippen LogP) is 2.80. The van der Waals surface area contributed by atoms with E-state index in [-0.39, 0.29) is 27.4 Å². The van der Waals surface area contributed by atoms with Gasteiger partial charge in [0.25, 0.3) is 0 Å². The smallest absolute Gasteiger partial charge is 0.741 e.